The Labute approximate surface area is 141 Å². The van der Waals surface area contributed by atoms with Crippen LogP contribution in [-0.2, 0) is 9.59 Å². The fourth-order valence-electron chi connectivity index (χ4n) is 2.75. The minimum absolute atomic E-state index is 0.139. The molecule has 1 atom stereocenters. The Hall–Kier alpha value is -1.40. The summed E-state index contributed by atoms with van der Waals surface area (Å²) in [5.41, 5.74) is 0.961. The van der Waals surface area contributed by atoms with E-state index in [1.54, 1.807) is 7.05 Å². The van der Waals surface area contributed by atoms with E-state index in [4.69, 9.17) is 0 Å². The van der Waals surface area contributed by atoms with Crippen LogP contribution in [0, 0.1) is 11.3 Å². The van der Waals surface area contributed by atoms with Gasteiger partial charge in [0.2, 0.25) is 5.91 Å². The Kier molecular flexibility index (Phi) is 9.76. The summed E-state index contributed by atoms with van der Waals surface area (Å²) in [6.45, 7) is 7.66. The minimum Gasteiger partial charge on any atom is -0.389 e. The molecule has 0 aromatic carbocycles. The summed E-state index contributed by atoms with van der Waals surface area (Å²) in [7, 11) is 7.64. The lowest BCUT2D eigenvalue weighted by Crippen LogP contribution is -2.37. The topological polar surface area (TPSA) is 73.5 Å². The molecule has 1 amide bonds. The first kappa shape index (κ1) is 21.6. The smallest absolute Gasteiger partial charge is 0.225 e. The fraction of sp³-hybridized carbons (Fsp3) is 0.765. The molecule has 0 bridgehead atoms. The van der Waals surface area contributed by atoms with E-state index in [0.717, 1.165) is 31.5 Å². The van der Waals surface area contributed by atoms with Gasteiger partial charge in [-0.25, -0.2) is 0 Å². The van der Waals surface area contributed by atoms with E-state index >= 15 is 0 Å². The summed E-state index contributed by atoms with van der Waals surface area (Å²) in [5, 5.41) is 8.97. The molecular formula is C17H34N4O2. The zero-order valence-electron chi connectivity index (χ0n) is 15.7. The van der Waals surface area contributed by atoms with Crippen LogP contribution in [0.2, 0.25) is 0 Å². The molecule has 134 valence electrons. The Morgan fingerprint density at radius 1 is 1.26 bits per heavy atom. The molecule has 23 heavy (non-hydrogen) atoms. The highest BCUT2D eigenvalue weighted by Gasteiger charge is 2.23. The lowest BCUT2D eigenvalue weighted by molar-refractivity contribution is -0.123. The van der Waals surface area contributed by atoms with E-state index in [0.29, 0.717) is 12.1 Å². The van der Waals surface area contributed by atoms with Crippen molar-refractivity contribution in [3.63, 3.8) is 0 Å². The van der Waals surface area contributed by atoms with Crippen molar-refractivity contribution in [2.75, 3.05) is 41.3 Å². The lowest BCUT2D eigenvalue weighted by Gasteiger charge is -2.26. The molecule has 0 aromatic rings. The highest BCUT2D eigenvalue weighted by Crippen LogP contribution is 2.20. The van der Waals surface area contributed by atoms with Crippen LogP contribution in [0.4, 0.5) is 0 Å². The van der Waals surface area contributed by atoms with E-state index in [1.807, 2.05) is 35.0 Å². The molecule has 0 saturated carbocycles. The Morgan fingerprint density at radius 2 is 1.87 bits per heavy atom. The molecular weight excluding hydrogens is 292 g/mol. The molecule has 1 unspecified atom stereocenters. The number of amides is 1. The molecule has 0 radical (unpaired) electrons. The maximum Gasteiger partial charge on any atom is 0.225 e. The van der Waals surface area contributed by atoms with Crippen LogP contribution in [0.3, 0.4) is 0 Å². The van der Waals surface area contributed by atoms with Crippen molar-refractivity contribution >= 4 is 12.2 Å². The van der Waals surface area contributed by atoms with Gasteiger partial charge < -0.3 is 20.9 Å². The first-order valence-corrected chi connectivity index (χ1v) is 8.17. The second-order valence-electron chi connectivity index (χ2n) is 6.98. The molecule has 0 aromatic heterocycles. The third-order valence-electron chi connectivity index (χ3n) is 3.73. The summed E-state index contributed by atoms with van der Waals surface area (Å²) >= 11 is 0. The maximum atomic E-state index is 12.3. The number of carbonyl (C=O) groups is 2. The van der Waals surface area contributed by atoms with Crippen LogP contribution < -0.4 is 16.0 Å². The zero-order chi connectivity index (χ0) is 18.0. The molecule has 0 aliphatic rings. The standard InChI is InChI=1S/C17H34N4O2/c1-8-13(10-21(6)7)16(19-5)14(11-22)20-15(23)9-17(2,3)12-18-4/h11,13,18-19H,8-10,12H2,1-7H3,(H,20,23)/b16-14+. The van der Waals surface area contributed by atoms with E-state index in [9.17, 15) is 9.59 Å². The first-order chi connectivity index (χ1) is 10.7. The van der Waals surface area contributed by atoms with Crippen molar-refractivity contribution in [2.24, 2.45) is 11.3 Å². The molecule has 6 nitrogen and oxygen atoms in total. The SMILES string of the molecule is CCC(CN(C)C)/C(NC)=C(/C=O)NC(=O)CC(C)(C)CNC. The number of nitrogens with zero attached hydrogens (tertiary/aromatic N) is 1. The molecule has 0 heterocycles. The number of allylic oxidation sites excluding steroid dienone is 1. The lowest BCUT2D eigenvalue weighted by atomic mass is 9.89. The normalized spacial score (nSPS) is 14.3. The van der Waals surface area contributed by atoms with Gasteiger partial charge in [-0.15, -0.1) is 0 Å². The third kappa shape index (κ3) is 8.13. The molecule has 6 heteroatoms. The zero-order valence-corrected chi connectivity index (χ0v) is 15.7. The number of nitrogens with one attached hydrogen (secondary N) is 3. The predicted molar refractivity (Wildman–Crippen MR) is 95.0 cm³/mol. The largest absolute Gasteiger partial charge is 0.389 e. The number of carbonyl (C=O) groups excluding carboxylic acids is 2. The van der Waals surface area contributed by atoms with Gasteiger partial charge in [0.05, 0.1) is 0 Å². The van der Waals surface area contributed by atoms with Crippen molar-refractivity contribution in [1.29, 1.82) is 0 Å². The molecule has 0 saturated heterocycles. The average molecular weight is 326 g/mol. The Balaban J connectivity index is 5.19. The summed E-state index contributed by atoms with van der Waals surface area (Å²) in [5.74, 6) is 0.0284. The van der Waals surface area contributed by atoms with Crippen molar-refractivity contribution in [1.82, 2.24) is 20.9 Å². The second-order valence-corrected chi connectivity index (χ2v) is 6.98. The van der Waals surface area contributed by atoms with Gasteiger partial charge in [-0.3, -0.25) is 9.59 Å². The van der Waals surface area contributed by atoms with Crippen molar-refractivity contribution in [3.8, 4) is 0 Å². The highest BCUT2D eigenvalue weighted by molar-refractivity contribution is 5.86. The van der Waals surface area contributed by atoms with Crippen LogP contribution in [-0.4, -0.2) is 58.4 Å². The Bertz CT molecular complexity index is 417. The summed E-state index contributed by atoms with van der Waals surface area (Å²) in [4.78, 5) is 25.9. The van der Waals surface area contributed by atoms with Crippen molar-refractivity contribution < 1.29 is 9.59 Å². The van der Waals surface area contributed by atoms with Gasteiger partial charge in [0.1, 0.15) is 5.70 Å². The highest BCUT2D eigenvalue weighted by atomic mass is 16.2. The molecule has 3 N–H and O–H groups in total. The number of hydrogen-bond donors (Lipinski definition) is 3. The van der Waals surface area contributed by atoms with Crippen molar-refractivity contribution in [3.05, 3.63) is 11.4 Å². The van der Waals surface area contributed by atoms with E-state index in [1.165, 1.54) is 0 Å². The van der Waals surface area contributed by atoms with Gasteiger partial charge in [0.25, 0.3) is 0 Å². The Morgan fingerprint density at radius 3 is 2.26 bits per heavy atom. The van der Waals surface area contributed by atoms with Gasteiger partial charge in [-0.1, -0.05) is 20.8 Å². The van der Waals surface area contributed by atoms with Crippen LogP contribution in [0.25, 0.3) is 0 Å². The first-order valence-electron chi connectivity index (χ1n) is 8.17. The average Bonchev–Trinajstić information content (AvgIpc) is 2.44. The molecule has 0 rings (SSSR count). The number of aldehydes is 1. The number of hydrogen-bond acceptors (Lipinski definition) is 5. The van der Waals surface area contributed by atoms with Crippen LogP contribution >= 0.6 is 0 Å². The number of rotatable bonds is 11. The predicted octanol–water partition coefficient (Wildman–Crippen LogP) is 0.956. The molecule has 0 spiro atoms. The monoisotopic (exact) mass is 326 g/mol. The van der Waals surface area contributed by atoms with Gasteiger partial charge in [0.15, 0.2) is 6.29 Å². The minimum atomic E-state index is -0.166. The molecule has 0 aliphatic heterocycles. The van der Waals surface area contributed by atoms with Gasteiger partial charge in [-0.2, -0.15) is 0 Å². The van der Waals surface area contributed by atoms with E-state index in [-0.39, 0.29) is 17.2 Å². The second kappa shape index (κ2) is 10.4. The third-order valence-corrected chi connectivity index (χ3v) is 3.73. The molecule has 0 fully saturated rings. The van der Waals surface area contributed by atoms with E-state index < -0.39 is 0 Å². The van der Waals surface area contributed by atoms with Crippen LogP contribution in [0.15, 0.2) is 11.4 Å². The van der Waals surface area contributed by atoms with E-state index in [2.05, 4.69) is 27.8 Å². The summed E-state index contributed by atoms with van der Waals surface area (Å²) in [6.07, 6.45) is 1.96. The van der Waals surface area contributed by atoms with Crippen LogP contribution in [0.1, 0.15) is 33.6 Å². The quantitative estimate of drug-likeness (QED) is 0.389. The maximum absolute atomic E-state index is 12.3. The van der Waals surface area contributed by atoms with Crippen molar-refractivity contribution in [2.45, 2.75) is 33.6 Å². The van der Waals surface area contributed by atoms with Gasteiger partial charge in [0, 0.05) is 38.2 Å². The van der Waals surface area contributed by atoms with Gasteiger partial charge in [-0.05, 0) is 33.0 Å². The van der Waals surface area contributed by atoms with Gasteiger partial charge >= 0.3 is 0 Å². The summed E-state index contributed by atoms with van der Waals surface area (Å²) in [6, 6.07) is 0. The summed E-state index contributed by atoms with van der Waals surface area (Å²) < 4.78 is 0. The van der Waals surface area contributed by atoms with Crippen LogP contribution in [0.5, 0.6) is 0 Å². The fourth-order valence-corrected chi connectivity index (χ4v) is 2.75. The molecule has 0 aliphatic carbocycles.